The first-order valence-electron chi connectivity index (χ1n) is 9.37. The predicted molar refractivity (Wildman–Crippen MR) is 105 cm³/mol. The average Bonchev–Trinajstić information content (AvgIpc) is 3.27. The van der Waals surface area contributed by atoms with Gasteiger partial charge in [0.2, 0.25) is 5.89 Å². The van der Waals surface area contributed by atoms with Gasteiger partial charge in [0.15, 0.2) is 11.6 Å². The van der Waals surface area contributed by atoms with Crippen LogP contribution in [0.15, 0.2) is 28.8 Å². The summed E-state index contributed by atoms with van der Waals surface area (Å²) in [6.45, 7) is 2.81. The fraction of sp³-hybridized carbons (Fsp3) is 0.368. The average molecular weight is 454 g/mol. The van der Waals surface area contributed by atoms with Crippen molar-refractivity contribution in [3.8, 4) is 11.5 Å². The van der Waals surface area contributed by atoms with Gasteiger partial charge in [0.25, 0.3) is 0 Å². The Morgan fingerprint density at radius 3 is 2.77 bits per heavy atom. The van der Waals surface area contributed by atoms with Crippen LogP contribution in [-0.4, -0.2) is 48.2 Å². The third-order valence-electron chi connectivity index (χ3n) is 4.95. The van der Waals surface area contributed by atoms with E-state index >= 15 is 0 Å². The van der Waals surface area contributed by atoms with Crippen molar-refractivity contribution in [2.75, 3.05) is 13.1 Å². The molecule has 1 aromatic carbocycles. The van der Waals surface area contributed by atoms with E-state index < -0.39 is 28.0 Å². The Balaban J connectivity index is 1.45. The largest absolute Gasteiger partial charge is 0.441 e. The number of hydrogen-bond donors (Lipinski definition) is 1. The van der Waals surface area contributed by atoms with Crippen LogP contribution in [0.2, 0.25) is 5.28 Å². The number of nitrogens with zero attached hydrogens (tertiary/aromatic N) is 5. The Hall–Kier alpha value is -2.89. The number of aromatic nitrogens is 3. The van der Waals surface area contributed by atoms with Crippen LogP contribution >= 0.6 is 11.6 Å². The third-order valence-corrected chi connectivity index (χ3v) is 5.25. The van der Waals surface area contributed by atoms with Gasteiger partial charge in [-0.1, -0.05) is 0 Å². The second kappa shape index (κ2) is 7.98. The number of hydrogen-bond acceptors (Lipinski definition) is 7. The minimum absolute atomic E-state index is 0.00888. The molecule has 3 aromatic rings. The Morgan fingerprint density at radius 2 is 2.10 bits per heavy atom. The molecule has 3 heterocycles. The molecule has 1 unspecified atom stereocenters. The first-order chi connectivity index (χ1) is 14.6. The maximum Gasteiger partial charge on any atom is 0.383 e. The van der Waals surface area contributed by atoms with Crippen molar-refractivity contribution in [1.82, 2.24) is 19.4 Å². The van der Waals surface area contributed by atoms with Crippen molar-refractivity contribution in [2.45, 2.75) is 32.0 Å². The van der Waals surface area contributed by atoms with Gasteiger partial charge in [-0.15, -0.1) is 0 Å². The molecule has 0 amide bonds. The van der Waals surface area contributed by atoms with E-state index in [1.54, 1.807) is 6.92 Å². The summed E-state index contributed by atoms with van der Waals surface area (Å²) in [7, 11) is 0. The first-order valence-corrected chi connectivity index (χ1v) is 9.75. The van der Waals surface area contributed by atoms with Crippen molar-refractivity contribution in [2.24, 2.45) is 0 Å². The van der Waals surface area contributed by atoms with Crippen molar-refractivity contribution < 1.29 is 23.2 Å². The Morgan fingerprint density at radius 1 is 1.32 bits per heavy atom. The molecule has 0 saturated carbocycles. The first kappa shape index (κ1) is 21.3. The molecule has 1 aliphatic heterocycles. The van der Waals surface area contributed by atoms with Crippen LogP contribution in [0.1, 0.15) is 18.4 Å². The van der Waals surface area contributed by atoms with Crippen LogP contribution in [0.5, 0.6) is 0 Å². The van der Waals surface area contributed by atoms with E-state index in [0.717, 1.165) is 12.1 Å². The van der Waals surface area contributed by atoms with E-state index in [-0.39, 0.29) is 24.3 Å². The SMILES string of the molecule is CC(O)(CN1CCc2oc(-c3ccc(F)c(F)c3)nc2C1)Cn1cc([N+](=O)[O-])nc1Cl. The molecule has 31 heavy (non-hydrogen) atoms. The Kier molecular flexibility index (Phi) is 5.50. The molecule has 0 radical (unpaired) electrons. The maximum atomic E-state index is 13.5. The summed E-state index contributed by atoms with van der Waals surface area (Å²) in [5.41, 5.74) is -0.274. The normalized spacial score (nSPS) is 16.2. The Labute approximate surface area is 180 Å². The topological polar surface area (TPSA) is 110 Å². The highest BCUT2D eigenvalue weighted by molar-refractivity contribution is 6.28. The van der Waals surface area contributed by atoms with Gasteiger partial charge < -0.3 is 19.6 Å². The van der Waals surface area contributed by atoms with Gasteiger partial charge >= 0.3 is 11.1 Å². The summed E-state index contributed by atoms with van der Waals surface area (Å²) in [6, 6.07) is 3.44. The minimum atomic E-state index is -1.26. The van der Waals surface area contributed by atoms with Gasteiger partial charge in [-0.3, -0.25) is 9.47 Å². The number of halogens is 3. The molecule has 12 heteroatoms. The summed E-state index contributed by atoms with van der Waals surface area (Å²) < 4.78 is 33.7. The second-order valence-corrected chi connectivity index (χ2v) is 8.07. The lowest BCUT2D eigenvalue weighted by molar-refractivity contribution is -0.389. The molecular formula is C19H18ClF2N5O4. The molecule has 0 bridgehead atoms. The van der Waals surface area contributed by atoms with Crippen LogP contribution in [0.25, 0.3) is 11.5 Å². The lowest BCUT2D eigenvalue weighted by Crippen LogP contribution is -2.45. The number of aliphatic hydroxyl groups is 1. The third kappa shape index (κ3) is 4.58. The minimum Gasteiger partial charge on any atom is -0.441 e. The van der Waals surface area contributed by atoms with Gasteiger partial charge in [-0.2, -0.15) is 0 Å². The molecule has 9 nitrogen and oxygen atoms in total. The molecule has 4 rings (SSSR count). The highest BCUT2D eigenvalue weighted by atomic mass is 35.5. The van der Waals surface area contributed by atoms with Crippen molar-refractivity contribution in [3.05, 3.63) is 62.9 Å². The van der Waals surface area contributed by atoms with E-state index in [4.69, 9.17) is 16.0 Å². The van der Waals surface area contributed by atoms with Crippen LogP contribution in [0.3, 0.4) is 0 Å². The highest BCUT2D eigenvalue weighted by Crippen LogP contribution is 2.28. The van der Waals surface area contributed by atoms with Crippen molar-refractivity contribution in [1.29, 1.82) is 0 Å². The zero-order valence-corrected chi connectivity index (χ0v) is 17.1. The zero-order valence-electron chi connectivity index (χ0n) is 16.4. The second-order valence-electron chi connectivity index (χ2n) is 7.73. The van der Waals surface area contributed by atoms with Crippen LogP contribution < -0.4 is 0 Å². The standard InChI is InChI=1S/C19H18ClF2N5O4/c1-19(28,10-26-8-16(27(29)30)24-18(26)20)9-25-5-4-15-14(7-25)23-17(31-15)11-2-3-12(21)13(22)6-11/h2-3,6,8,28H,4-5,7,9-10H2,1H3. The fourth-order valence-corrected chi connectivity index (χ4v) is 3.81. The number of oxazole rings is 1. The van der Waals surface area contributed by atoms with E-state index in [2.05, 4.69) is 9.97 Å². The maximum absolute atomic E-state index is 13.5. The molecule has 0 spiro atoms. The van der Waals surface area contributed by atoms with Crippen LogP contribution in [-0.2, 0) is 19.5 Å². The monoisotopic (exact) mass is 453 g/mol. The Bertz CT molecular complexity index is 1150. The number of benzene rings is 1. The van der Waals surface area contributed by atoms with Crippen molar-refractivity contribution >= 4 is 17.4 Å². The number of β-amino-alcohol motifs (C(OH)–C–C–N with tert-alkyl or cyclic N) is 1. The van der Waals surface area contributed by atoms with Crippen LogP contribution in [0, 0.1) is 21.7 Å². The number of nitro groups is 1. The quantitative estimate of drug-likeness (QED) is 0.450. The number of rotatable bonds is 6. The van der Waals surface area contributed by atoms with E-state index in [1.807, 2.05) is 4.90 Å². The smallest absolute Gasteiger partial charge is 0.383 e. The molecule has 2 aromatic heterocycles. The number of imidazole rings is 1. The molecule has 1 atom stereocenters. The number of fused-ring (bicyclic) bond motifs is 1. The summed E-state index contributed by atoms with van der Waals surface area (Å²) in [4.78, 5) is 20.2. The van der Waals surface area contributed by atoms with Gasteiger partial charge in [-0.25, -0.2) is 13.8 Å². The van der Waals surface area contributed by atoms with Crippen LogP contribution in [0.4, 0.5) is 14.6 Å². The molecule has 0 saturated heterocycles. The van der Waals surface area contributed by atoms with Gasteiger partial charge in [0.05, 0.1) is 17.8 Å². The lowest BCUT2D eigenvalue weighted by Gasteiger charge is -2.33. The molecule has 1 aliphatic rings. The van der Waals surface area contributed by atoms with E-state index in [1.165, 1.54) is 16.8 Å². The molecule has 1 N–H and O–H groups in total. The fourth-order valence-electron chi connectivity index (χ4n) is 3.62. The summed E-state index contributed by atoms with van der Waals surface area (Å²) in [6.07, 6.45) is 1.70. The summed E-state index contributed by atoms with van der Waals surface area (Å²) >= 11 is 5.94. The molecule has 0 aliphatic carbocycles. The highest BCUT2D eigenvalue weighted by Gasteiger charge is 2.31. The molecule has 164 valence electrons. The van der Waals surface area contributed by atoms with Gasteiger partial charge in [0, 0.05) is 31.6 Å². The molecule has 0 fully saturated rings. The lowest BCUT2D eigenvalue weighted by atomic mass is 10.0. The van der Waals surface area contributed by atoms with Crippen molar-refractivity contribution in [3.63, 3.8) is 0 Å². The zero-order chi connectivity index (χ0) is 22.3. The summed E-state index contributed by atoms with van der Waals surface area (Å²) in [5, 5.41) is 21.6. The van der Waals surface area contributed by atoms with Gasteiger partial charge in [0.1, 0.15) is 12.0 Å². The van der Waals surface area contributed by atoms with Gasteiger partial charge in [-0.05, 0) is 46.6 Å². The summed E-state index contributed by atoms with van der Waals surface area (Å²) in [5.74, 6) is -1.46. The molecular weight excluding hydrogens is 436 g/mol. The van der Waals surface area contributed by atoms with E-state index in [0.29, 0.717) is 36.5 Å². The predicted octanol–water partition coefficient (Wildman–Crippen LogP) is 3.19. The van der Waals surface area contributed by atoms with E-state index in [9.17, 15) is 24.0 Å².